The van der Waals surface area contributed by atoms with Crippen LogP contribution in [0.25, 0.3) is 0 Å². The molecule has 1 aromatic rings. The number of likely N-dealkylation sites (tertiary alicyclic amines) is 1. The highest BCUT2D eigenvalue weighted by Crippen LogP contribution is 2.19. The van der Waals surface area contributed by atoms with Crippen molar-refractivity contribution in [1.29, 1.82) is 0 Å². The average molecular weight is 263 g/mol. The van der Waals surface area contributed by atoms with Crippen molar-refractivity contribution in [3.8, 4) is 0 Å². The largest absolute Gasteiger partial charge is 0.388 e. The monoisotopic (exact) mass is 263 g/mol. The Morgan fingerprint density at radius 2 is 2.05 bits per heavy atom. The molecule has 1 aliphatic rings. The van der Waals surface area contributed by atoms with E-state index < -0.39 is 11.5 Å². The number of hydrogen-bond acceptors (Lipinski definition) is 4. The lowest BCUT2D eigenvalue weighted by molar-refractivity contribution is -0.125. The van der Waals surface area contributed by atoms with Gasteiger partial charge in [0.2, 0.25) is 5.91 Å². The molecule has 0 radical (unpaired) electrons. The van der Waals surface area contributed by atoms with Gasteiger partial charge in [0.1, 0.15) is 0 Å². The van der Waals surface area contributed by atoms with Crippen molar-refractivity contribution in [2.75, 3.05) is 25.0 Å². The zero-order chi connectivity index (χ0) is 14.0. The number of nitrogens with one attached hydrogen (secondary N) is 1. The molecule has 6 nitrogen and oxygen atoms in total. The van der Waals surface area contributed by atoms with Gasteiger partial charge < -0.3 is 16.2 Å². The lowest BCUT2D eigenvalue weighted by Crippen LogP contribution is -2.61. The highest BCUT2D eigenvalue weighted by atomic mass is 16.3. The Morgan fingerprint density at radius 3 is 2.63 bits per heavy atom. The maximum absolute atomic E-state index is 11.8. The third kappa shape index (κ3) is 3.30. The summed E-state index contributed by atoms with van der Waals surface area (Å²) < 4.78 is 0. The van der Waals surface area contributed by atoms with Gasteiger partial charge in [0, 0.05) is 13.1 Å². The van der Waals surface area contributed by atoms with Gasteiger partial charge in [-0.15, -0.1) is 0 Å². The molecule has 0 aliphatic carbocycles. The van der Waals surface area contributed by atoms with Crippen LogP contribution in [0, 0.1) is 0 Å². The van der Waals surface area contributed by atoms with Crippen LogP contribution in [-0.4, -0.2) is 47.1 Å². The minimum atomic E-state index is -0.703. The van der Waals surface area contributed by atoms with E-state index in [9.17, 15) is 14.7 Å². The summed E-state index contributed by atoms with van der Waals surface area (Å²) in [6.45, 7) is 2.85. The normalized spacial score (nSPS) is 17.6. The Hall–Kier alpha value is -1.92. The summed E-state index contributed by atoms with van der Waals surface area (Å²) in [4.78, 5) is 24.8. The van der Waals surface area contributed by atoms with E-state index in [-0.39, 0.29) is 18.0 Å². The third-order valence-corrected chi connectivity index (χ3v) is 2.96. The fraction of sp³-hybridized carbons (Fsp3) is 0.385. The van der Waals surface area contributed by atoms with E-state index >= 15 is 0 Å². The first kappa shape index (κ1) is 13.5. The molecule has 0 aromatic heterocycles. The Labute approximate surface area is 111 Å². The molecule has 2 amide bonds. The fourth-order valence-corrected chi connectivity index (χ4v) is 2.23. The lowest BCUT2D eigenvalue weighted by atomic mass is 9.97. The van der Waals surface area contributed by atoms with Crippen LogP contribution in [0.5, 0.6) is 0 Å². The van der Waals surface area contributed by atoms with Gasteiger partial charge in [-0.3, -0.25) is 14.5 Å². The molecular weight excluding hydrogens is 246 g/mol. The van der Waals surface area contributed by atoms with Gasteiger partial charge in [0.05, 0.1) is 23.4 Å². The summed E-state index contributed by atoms with van der Waals surface area (Å²) in [6, 6.07) is 6.59. The summed E-state index contributed by atoms with van der Waals surface area (Å²) in [5.74, 6) is -0.813. The number of amides is 2. The van der Waals surface area contributed by atoms with Crippen LogP contribution in [0.15, 0.2) is 24.3 Å². The van der Waals surface area contributed by atoms with Gasteiger partial charge >= 0.3 is 0 Å². The van der Waals surface area contributed by atoms with E-state index in [1.54, 1.807) is 31.2 Å². The summed E-state index contributed by atoms with van der Waals surface area (Å²) in [6.07, 6.45) is 0. The fourth-order valence-electron chi connectivity index (χ4n) is 2.23. The standard InChI is InChI=1S/C13H17N3O3/c1-13(19)7-16(8-13)6-11(17)15-10-5-3-2-4-9(10)12(14)18/h2-5,19H,6-8H2,1H3,(H2,14,18)(H,15,17). The average Bonchev–Trinajstić information content (AvgIpc) is 2.26. The molecule has 0 spiro atoms. The SMILES string of the molecule is CC1(O)CN(CC(=O)Nc2ccccc2C(N)=O)C1. The number of aliphatic hydroxyl groups is 1. The first-order chi connectivity index (χ1) is 8.87. The molecule has 102 valence electrons. The zero-order valence-electron chi connectivity index (χ0n) is 10.7. The number of carbonyl (C=O) groups excluding carboxylic acids is 2. The predicted octanol–water partition coefficient (Wildman–Crippen LogP) is -0.209. The molecule has 1 saturated heterocycles. The summed E-state index contributed by atoms with van der Waals surface area (Å²) in [5.41, 5.74) is 5.22. The van der Waals surface area contributed by atoms with E-state index in [2.05, 4.69) is 5.32 Å². The van der Waals surface area contributed by atoms with Crippen molar-refractivity contribution < 1.29 is 14.7 Å². The number of nitrogens with zero attached hydrogens (tertiary/aromatic N) is 1. The van der Waals surface area contributed by atoms with Gasteiger partial charge in [-0.2, -0.15) is 0 Å². The van der Waals surface area contributed by atoms with Gasteiger partial charge in [0.15, 0.2) is 0 Å². The van der Waals surface area contributed by atoms with Crippen molar-refractivity contribution in [3.63, 3.8) is 0 Å². The van der Waals surface area contributed by atoms with Gasteiger partial charge in [0.25, 0.3) is 5.91 Å². The number of nitrogens with two attached hydrogens (primary N) is 1. The first-order valence-corrected chi connectivity index (χ1v) is 6.01. The molecule has 1 fully saturated rings. The van der Waals surface area contributed by atoms with Gasteiger partial charge in [-0.1, -0.05) is 12.1 Å². The van der Waals surface area contributed by atoms with Gasteiger partial charge in [-0.25, -0.2) is 0 Å². The molecule has 0 unspecified atom stereocenters. The Kier molecular flexibility index (Phi) is 3.55. The van der Waals surface area contributed by atoms with E-state index in [0.29, 0.717) is 18.8 Å². The van der Waals surface area contributed by atoms with E-state index in [1.807, 2.05) is 4.90 Å². The summed E-state index contributed by atoms with van der Waals surface area (Å²) in [7, 11) is 0. The quantitative estimate of drug-likeness (QED) is 0.700. The molecule has 6 heteroatoms. The topological polar surface area (TPSA) is 95.7 Å². The van der Waals surface area contributed by atoms with E-state index in [1.165, 1.54) is 0 Å². The number of carbonyl (C=O) groups is 2. The molecule has 0 bridgehead atoms. The number of para-hydroxylation sites is 1. The number of anilines is 1. The number of hydrogen-bond donors (Lipinski definition) is 3. The molecule has 1 aliphatic heterocycles. The molecule has 1 heterocycles. The molecule has 4 N–H and O–H groups in total. The molecule has 2 rings (SSSR count). The van der Waals surface area contributed by atoms with Crippen molar-refractivity contribution >= 4 is 17.5 Å². The van der Waals surface area contributed by atoms with Crippen molar-refractivity contribution in [2.24, 2.45) is 5.73 Å². The smallest absolute Gasteiger partial charge is 0.250 e. The summed E-state index contributed by atoms with van der Waals surface area (Å²) >= 11 is 0. The number of β-amino-alcohol motifs (C(OH)–C–C–N with tert-alkyl or cyclic N) is 1. The molecule has 0 atom stereocenters. The minimum Gasteiger partial charge on any atom is -0.388 e. The second-order valence-electron chi connectivity index (χ2n) is 5.10. The Balaban J connectivity index is 1.94. The van der Waals surface area contributed by atoms with Crippen LogP contribution in [-0.2, 0) is 4.79 Å². The van der Waals surface area contributed by atoms with Crippen LogP contribution in [0.3, 0.4) is 0 Å². The highest BCUT2D eigenvalue weighted by molar-refractivity contribution is 6.03. The second kappa shape index (κ2) is 4.99. The molecular formula is C13H17N3O3. The Morgan fingerprint density at radius 1 is 1.42 bits per heavy atom. The van der Waals surface area contributed by atoms with Crippen molar-refractivity contribution in [2.45, 2.75) is 12.5 Å². The van der Waals surface area contributed by atoms with Crippen LogP contribution < -0.4 is 11.1 Å². The predicted molar refractivity (Wildman–Crippen MR) is 70.7 cm³/mol. The highest BCUT2D eigenvalue weighted by Gasteiger charge is 2.37. The number of benzene rings is 1. The van der Waals surface area contributed by atoms with Crippen molar-refractivity contribution in [1.82, 2.24) is 4.90 Å². The first-order valence-electron chi connectivity index (χ1n) is 6.01. The van der Waals surface area contributed by atoms with E-state index in [0.717, 1.165) is 0 Å². The summed E-state index contributed by atoms with van der Waals surface area (Å²) in [5, 5.41) is 12.2. The number of primary amides is 1. The van der Waals surface area contributed by atoms with Crippen LogP contribution in [0.4, 0.5) is 5.69 Å². The van der Waals surface area contributed by atoms with Crippen molar-refractivity contribution in [3.05, 3.63) is 29.8 Å². The molecule has 1 aromatic carbocycles. The maximum Gasteiger partial charge on any atom is 0.250 e. The zero-order valence-corrected chi connectivity index (χ0v) is 10.7. The van der Waals surface area contributed by atoms with Crippen LogP contribution >= 0.6 is 0 Å². The lowest BCUT2D eigenvalue weighted by Gasteiger charge is -2.43. The third-order valence-electron chi connectivity index (χ3n) is 2.96. The Bertz CT molecular complexity index is 506. The van der Waals surface area contributed by atoms with Crippen LogP contribution in [0.1, 0.15) is 17.3 Å². The maximum atomic E-state index is 11.8. The number of rotatable bonds is 4. The second-order valence-corrected chi connectivity index (χ2v) is 5.10. The van der Waals surface area contributed by atoms with Gasteiger partial charge in [-0.05, 0) is 19.1 Å². The molecule has 0 saturated carbocycles. The molecule has 19 heavy (non-hydrogen) atoms. The van der Waals surface area contributed by atoms with E-state index in [4.69, 9.17) is 5.73 Å². The minimum absolute atomic E-state index is 0.184. The van der Waals surface area contributed by atoms with Crippen LogP contribution in [0.2, 0.25) is 0 Å².